The van der Waals surface area contributed by atoms with Crippen molar-refractivity contribution in [2.45, 2.75) is 44.6 Å². The molecule has 2 amide bonds. The molecule has 0 aliphatic rings. The van der Waals surface area contributed by atoms with Gasteiger partial charge in [-0.05, 0) is 57.5 Å². The van der Waals surface area contributed by atoms with Crippen molar-refractivity contribution in [3.63, 3.8) is 0 Å². The number of rotatable bonds is 14. The molecule has 47 heavy (non-hydrogen) atoms. The first-order chi connectivity index (χ1) is 22.6. The summed E-state index contributed by atoms with van der Waals surface area (Å²) in [6, 6.07) is 14.1. The zero-order valence-electron chi connectivity index (χ0n) is 26.7. The SMILES string of the molecule is CCOC(=O)c1sc(NC(=O)C(C)Sc2nnc(CNC(=O)c3ccccc3OC)n2-c2ccccc2OC)c(C(=O)OCC)c1C. The predicted molar refractivity (Wildman–Crippen MR) is 177 cm³/mol. The van der Waals surface area contributed by atoms with Crippen LogP contribution in [0.2, 0.25) is 0 Å². The molecule has 4 aromatic rings. The number of hydrogen-bond acceptors (Lipinski definition) is 12. The number of benzene rings is 2. The first kappa shape index (κ1) is 35.0. The van der Waals surface area contributed by atoms with E-state index in [1.807, 2.05) is 12.1 Å². The molecule has 2 aromatic heterocycles. The van der Waals surface area contributed by atoms with Gasteiger partial charge in [-0.3, -0.25) is 14.2 Å². The summed E-state index contributed by atoms with van der Waals surface area (Å²) >= 11 is 2.05. The summed E-state index contributed by atoms with van der Waals surface area (Å²) in [7, 11) is 3.02. The fourth-order valence-electron chi connectivity index (χ4n) is 4.50. The normalized spacial score (nSPS) is 11.4. The van der Waals surface area contributed by atoms with E-state index in [0.717, 1.165) is 23.1 Å². The van der Waals surface area contributed by atoms with Gasteiger partial charge in [-0.2, -0.15) is 0 Å². The van der Waals surface area contributed by atoms with E-state index in [0.29, 0.717) is 39.3 Å². The highest BCUT2D eigenvalue weighted by atomic mass is 32.2. The number of carbonyl (C=O) groups is 4. The van der Waals surface area contributed by atoms with Crippen molar-refractivity contribution < 1.29 is 38.1 Å². The van der Waals surface area contributed by atoms with Crippen LogP contribution in [0.25, 0.3) is 5.69 Å². The lowest BCUT2D eigenvalue weighted by Crippen LogP contribution is -2.25. The number of amides is 2. The van der Waals surface area contributed by atoms with E-state index in [2.05, 4.69) is 20.8 Å². The smallest absolute Gasteiger partial charge is 0.348 e. The van der Waals surface area contributed by atoms with E-state index < -0.39 is 23.1 Å². The molecule has 2 N–H and O–H groups in total. The Labute approximate surface area is 280 Å². The summed E-state index contributed by atoms with van der Waals surface area (Å²) in [5.74, 6) is -0.772. The molecule has 4 rings (SSSR count). The van der Waals surface area contributed by atoms with Crippen LogP contribution in [0, 0.1) is 6.92 Å². The molecule has 0 radical (unpaired) electrons. The number of thioether (sulfide) groups is 1. The second kappa shape index (κ2) is 16.1. The Hall–Kier alpha value is -4.89. The van der Waals surface area contributed by atoms with Crippen LogP contribution in [0.1, 0.15) is 62.5 Å². The molecule has 1 atom stereocenters. The molecule has 0 bridgehead atoms. The summed E-state index contributed by atoms with van der Waals surface area (Å²) in [5.41, 5.74) is 1.40. The summed E-state index contributed by atoms with van der Waals surface area (Å²) in [5, 5.41) is 14.1. The fourth-order valence-corrected chi connectivity index (χ4v) is 6.47. The minimum atomic E-state index is -0.757. The molecule has 1 unspecified atom stereocenters. The van der Waals surface area contributed by atoms with E-state index >= 15 is 0 Å². The lowest BCUT2D eigenvalue weighted by atomic mass is 10.1. The number of anilines is 1. The highest BCUT2D eigenvalue weighted by Gasteiger charge is 2.29. The maximum absolute atomic E-state index is 13.5. The van der Waals surface area contributed by atoms with Gasteiger partial charge in [0, 0.05) is 0 Å². The Morgan fingerprint density at radius 2 is 1.55 bits per heavy atom. The zero-order valence-corrected chi connectivity index (χ0v) is 28.4. The van der Waals surface area contributed by atoms with Crippen LogP contribution in [0.3, 0.4) is 0 Å². The highest BCUT2D eigenvalue weighted by Crippen LogP contribution is 2.36. The summed E-state index contributed by atoms with van der Waals surface area (Å²) in [6.07, 6.45) is 0. The van der Waals surface area contributed by atoms with Gasteiger partial charge in [0.15, 0.2) is 11.0 Å². The Bertz CT molecular complexity index is 1770. The zero-order chi connectivity index (χ0) is 34.1. The molecule has 0 saturated carbocycles. The largest absolute Gasteiger partial charge is 0.496 e. The second-order valence-electron chi connectivity index (χ2n) is 9.74. The summed E-state index contributed by atoms with van der Waals surface area (Å²) in [4.78, 5) is 52.2. The van der Waals surface area contributed by atoms with Gasteiger partial charge in [0.05, 0.1) is 56.0 Å². The van der Waals surface area contributed by atoms with Gasteiger partial charge in [0.2, 0.25) is 5.91 Å². The Morgan fingerprint density at radius 1 is 0.915 bits per heavy atom. The number of esters is 2. The molecule has 15 heteroatoms. The van der Waals surface area contributed by atoms with Gasteiger partial charge in [0.25, 0.3) is 5.91 Å². The maximum atomic E-state index is 13.5. The minimum Gasteiger partial charge on any atom is -0.496 e. The third-order valence-corrected chi connectivity index (χ3v) is 8.99. The quantitative estimate of drug-likeness (QED) is 0.135. The van der Waals surface area contributed by atoms with Crippen LogP contribution in [0.15, 0.2) is 53.7 Å². The Balaban J connectivity index is 1.62. The standard InChI is InChI=1S/C32H35N5O8S2/c1-7-44-30(40)25-18(3)26(31(41)45-8-2)47-29(25)34-27(38)19(4)46-32-36-35-24(37(32)21-14-10-12-16-23(21)43-6)17-33-28(39)20-13-9-11-15-22(20)42-5/h9-16,19H,7-8,17H2,1-6H3,(H,33,39)(H,34,38). The van der Waals surface area contributed by atoms with Crippen molar-refractivity contribution >= 4 is 51.9 Å². The molecule has 2 heterocycles. The average Bonchev–Trinajstić information content (AvgIpc) is 3.62. The molecule has 248 valence electrons. The van der Waals surface area contributed by atoms with Crippen molar-refractivity contribution in [1.29, 1.82) is 0 Å². The van der Waals surface area contributed by atoms with Gasteiger partial charge in [-0.15, -0.1) is 21.5 Å². The molecule has 0 aliphatic heterocycles. The molecular weight excluding hydrogens is 647 g/mol. The Kier molecular flexibility index (Phi) is 12.0. The number of ether oxygens (including phenoxy) is 4. The van der Waals surface area contributed by atoms with Gasteiger partial charge < -0.3 is 29.6 Å². The van der Waals surface area contributed by atoms with Crippen LogP contribution in [-0.4, -0.2) is 71.2 Å². The molecule has 0 saturated heterocycles. The monoisotopic (exact) mass is 681 g/mol. The van der Waals surface area contributed by atoms with Crippen molar-refractivity contribution in [1.82, 2.24) is 20.1 Å². The van der Waals surface area contributed by atoms with E-state index in [1.54, 1.807) is 68.7 Å². The lowest BCUT2D eigenvalue weighted by molar-refractivity contribution is -0.115. The van der Waals surface area contributed by atoms with Crippen LogP contribution < -0.4 is 20.1 Å². The van der Waals surface area contributed by atoms with Crippen molar-refractivity contribution in [2.75, 3.05) is 32.8 Å². The van der Waals surface area contributed by atoms with Crippen LogP contribution in [0.5, 0.6) is 11.5 Å². The van der Waals surface area contributed by atoms with Crippen molar-refractivity contribution in [3.8, 4) is 17.2 Å². The number of nitrogens with zero attached hydrogens (tertiary/aromatic N) is 3. The number of methoxy groups -OCH3 is 2. The second-order valence-corrected chi connectivity index (χ2v) is 12.1. The van der Waals surface area contributed by atoms with Crippen molar-refractivity contribution in [2.24, 2.45) is 0 Å². The van der Waals surface area contributed by atoms with E-state index in [4.69, 9.17) is 18.9 Å². The number of carbonyl (C=O) groups excluding carboxylic acids is 4. The first-order valence-corrected chi connectivity index (χ1v) is 16.3. The van der Waals surface area contributed by atoms with E-state index in [-0.39, 0.29) is 41.1 Å². The van der Waals surface area contributed by atoms with Gasteiger partial charge in [0.1, 0.15) is 21.4 Å². The molecule has 2 aromatic carbocycles. The van der Waals surface area contributed by atoms with Crippen LogP contribution in [0.4, 0.5) is 5.00 Å². The third-order valence-electron chi connectivity index (χ3n) is 6.76. The van der Waals surface area contributed by atoms with Crippen LogP contribution in [-0.2, 0) is 20.8 Å². The Morgan fingerprint density at radius 3 is 2.23 bits per heavy atom. The number of thiophene rings is 1. The maximum Gasteiger partial charge on any atom is 0.348 e. The molecule has 13 nitrogen and oxygen atoms in total. The lowest BCUT2D eigenvalue weighted by Gasteiger charge is -2.16. The predicted octanol–water partition coefficient (Wildman–Crippen LogP) is 5.06. The number of nitrogens with one attached hydrogen (secondary N) is 2. The fraction of sp³-hybridized carbons (Fsp3) is 0.312. The number of para-hydroxylation sites is 3. The summed E-state index contributed by atoms with van der Waals surface area (Å²) < 4.78 is 22.9. The average molecular weight is 682 g/mol. The molecule has 0 fully saturated rings. The minimum absolute atomic E-state index is 0.00290. The van der Waals surface area contributed by atoms with Crippen LogP contribution >= 0.6 is 23.1 Å². The van der Waals surface area contributed by atoms with Gasteiger partial charge in [-0.25, -0.2) is 9.59 Å². The number of aromatic nitrogens is 3. The highest BCUT2D eigenvalue weighted by molar-refractivity contribution is 8.00. The summed E-state index contributed by atoms with van der Waals surface area (Å²) in [6.45, 7) is 6.88. The van der Waals surface area contributed by atoms with Gasteiger partial charge in [-0.1, -0.05) is 36.0 Å². The molecular formula is C32H35N5O8S2. The van der Waals surface area contributed by atoms with E-state index in [9.17, 15) is 19.2 Å². The number of hydrogen-bond donors (Lipinski definition) is 2. The van der Waals surface area contributed by atoms with Gasteiger partial charge >= 0.3 is 11.9 Å². The third kappa shape index (κ3) is 7.92. The molecule has 0 spiro atoms. The molecule has 0 aliphatic carbocycles. The first-order valence-electron chi connectivity index (χ1n) is 14.6. The topological polar surface area (TPSA) is 160 Å². The van der Waals surface area contributed by atoms with Crippen molar-refractivity contribution in [3.05, 3.63) is 75.9 Å². The van der Waals surface area contributed by atoms with E-state index in [1.165, 1.54) is 14.2 Å².